The molecule has 1 heterocycles. The number of benzene rings is 2. The summed E-state index contributed by atoms with van der Waals surface area (Å²) in [5.74, 6) is -1.23. The van der Waals surface area contributed by atoms with Gasteiger partial charge in [-0.3, -0.25) is 9.59 Å². The molecule has 8 heteroatoms. The van der Waals surface area contributed by atoms with E-state index in [4.69, 9.17) is 27.9 Å². The van der Waals surface area contributed by atoms with Crippen LogP contribution in [0.1, 0.15) is 27.0 Å². The summed E-state index contributed by atoms with van der Waals surface area (Å²) in [4.78, 5) is 35.7. The Morgan fingerprint density at radius 2 is 1.78 bits per heavy atom. The lowest BCUT2D eigenvalue weighted by atomic mass is 10.1. The van der Waals surface area contributed by atoms with Crippen molar-refractivity contribution < 1.29 is 19.1 Å². The van der Waals surface area contributed by atoms with Crippen molar-refractivity contribution in [3.8, 4) is 0 Å². The summed E-state index contributed by atoms with van der Waals surface area (Å²) in [5.41, 5.74) is 0.942. The van der Waals surface area contributed by atoms with Gasteiger partial charge in [-0.05, 0) is 36.4 Å². The molecule has 1 amide bonds. The fourth-order valence-corrected chi connectivity index (χ4v) is 4.07. The van der Waals surface area contributed by atoms with Crippen molar-refractivity contribution in [2.75, 3.05) is 11.9 Å². The zero-order chi connectivity index (χ0) is 19.6. The molecule has 138 valence electrons. The third-order valence-corrected chi connectivity index (χ3v) is 5.51. The molecule has 5 nitrogen and oxygen atoms in total. The maximum absolute atomic E-state index is 12.3. The predicted molar refractivity (Wildman–Crippen MR) is 107 cm³/mol. The minimum Gasteiger partial charge on any atom is -0.453 e. The molecule has 0 bridgehead atoms. The van der Waals surface area contributed by atoms with E-state index in [0.29, 0.717) is 21.7 Å². The number of carbonyl (C=O) groups is 3. The molecule has 0 radical (unpaired) electrons. The van der Waals surface area contributed by atoms with E-state index < -0.39 is 12.6 Å². The number of carbonyl (C=O) groups excluding carboxylic acids is 3. The highest BCUT2D eigenvalue weighted by atomic mass is 35.5. The third kappa shape index (κ3) is 4.47. The normalized spacial score (nSPS) is 10.6. The molecule has 3 rings (SSSR count). The molecular weight excluding hydrogens is 409 g/mol. The van der Waals surface area contributed by atoms with Crippen LogP contribution in [0, 0.1) is 0 Å². The van der Waals surface area contributed by atoms with E-state index >= 15 is 0 Å². The lowest BCUT2D eigenvalue weighted by Gasteiger charge is -2.05. The van der Waals surface area contributed by atoms with Gasteiger partial charge in [0.25, 0.3) is 0 Å². The first-order valence-electron chi connectivity index (χ1n) is 7.80. The second kappa shape index (κ2) is 8.08. The van der Waals surface area contributed by atoms with Gasteiger partial charge in [-0.2, -0.15) is 0 Å². The van der Waals surface area contributed by atoms with Crippen molar-refractivity contribution in [2.45, 2.75) is 6.92 Å². The molecule has 1 aromatic heterocycles. The van der Waals surface area contributed by atoms with Crippen LogP contribution in [0.15, 0.2) is 42.5 Å². The summed E-state index contributed by atoms with van der Waals surface area (Å²) in [6.45, 7) is 0.981. The van der Waals surface area contributed by atoms with Gasteiger partial charge in [0.1, 0.15) is 4.88 Å². The largest absolute Gasteiger partial charge is 0.453 e. The zero-order valence-electron chi connectivity index (χ0n) is 14.0. The van der Waals surface area contributed by atoms with Crippen molar-refractivity contribution in [3.63, 3.8) is 0 Å². The van der Waals surface area contributed by atoms with Gasteiger partial charge in [-0.25, -0.2) is 4.79 Å². The first-order valence-corrected chi connectivity index (χ1v) is 9.38. The summed E-state index contributed by atoms with van der Waals surface area (Å²) in [6, 6.07) is 11.4. The molecule has 0 aliphatic rings. The Morgan fingerprint density at radius 3 is 2.44 bits per heavy atom. The topological polar surface area (TPSA) is 72.5 Å². The quantitative estimate of drug-likeness (QED) is 0.453. The maximum Gasteiger partial charge on any atom is 0.350 e. The fourth-order valence-electron chi connectivity index (χ4n) is 2.39. The maximum atomic E-state index is 12.3. The number of anilines is 1. The predicted octanol–water partition coefficient (Wildman–Crippen LogP) is 5.21. The van der Waals surface area contributed by atoms with Crippen molar-refractivity contribution in [1.29, 1.82) is 0 Å². The average Bonchev–Trinajstić information content (AvgIpc) is 2.95. The van der Waals surface area contributed by atoms with Crippen molar-refractivity contribution in [1.82, 2.24) is 0 Å². The first-order chi connectivity index (χ1) is 12.8. The van der Waals surface area contributed by atoms with Crippen LogP contribution in [0.2, 0.25) is 10.0 Å². The van der Waals surface area contributed by atoms with Crippen LogP contribution in [0.3, 0.4) is 0 Å². The Kier molecular flexibility index (Phi) is 5.79. The number of hydrogen-bond acceptors (Lipinski definition) is 5. The molecule has 0 unspecified atom stereocenters. The number of rotatable bonds is 5. The molecular formula is C19H13Cl2NO4S. The zero-order valence-corrected chi connectivity index (χ0v) is 16.4. The van der Waals surface area contributed by atoms with Gasteiger partial charge >= 0.3 is 5.97 Å². The van der Waals surface area contributed by atoms with E-state index in [-0.39, 0.29) is 21.6 Å². The van der Waals surface area contributed by atoms with Crippen molar-refractivity contribution in [3.05, 3.63) is 63.0 Å². The van der Waals surface area contributed by atoms with E-state index in [9.17, 15) is 14.4 Å². The number of thiophene rings is 1. The molecule has 1 N–H and O–H groups in total. The second-order valence-corrected chi connectivity index (χ2v) is 7.51. The third-order valence-electron chi connectivity index (χ3n) is 3.64. The van der Waals surface area contributed by atoms with Gasteiger partial charge in [0.2, 0.25) is 5.91 Å². The van der Waals surface area contributed by atoms with Gasteiger partial charge in [-0.1, -0.05) is 29.3 Å². The average molecular weight is 422 g/mol. The van der Waals surface area contributed by atoms with Crippen LogP contribution >= 0.6 is 34.5 Å². The summed E-state index contributed by atoms with van der Waals surface area (Å²) >= 11 is 13.4. The number of halogens is 2. The smallest absolute Gasteiger partial charge is 0.350 e. The van der Waals surface area contributed by atoms with Gasteiger partial charge in [0.05, 0.1) is 5.02 Å². The van der Waals surface area contributed by atoms with Crippen LogP contribution in [-0.4, -0.2) is 24.3 Å². The van der Waals surface area contributed by atoms with Gasteiger partial charge < -0.3 is 10.1 Å². The minimum absolute atomic E-state index is 0.204. The lowest BCUT2D eigenvalue weighted by molar-refractivity contribution is -0.114. The van der Waals surface area contributed by atoms with E-state index in [0.717, 1.165) is 16.0 Å². The Labute approximate surface area is 168 Å². The van der Waals surface area contributed by atoms with Crippen LogP contribution in [0.4, 0.5) is 5.69 Å². The van der Waals surface area contributed by atoms with Crippen molar-refractivity contribution >= 4 is 68.0 Å². The molecule has 0 fully saturated rings. The van der Waals surface area contributed by atoms with E-state index in [1.165, 1.54) is 6.92 Å². The molecule has 2 aromatic carbocycles. The number of nitrogens with one attached hydrogen (secondary N) is 1. The Morgan fingerprint density at radius 1 is 1.07 bits per heavy atom. The Balaban J connectivity index is 1.67. The molecule has 0 spiro atoms. The van der Waals surface area contributed by atoms with Gasteiger partial charge in [0.15, 0.2) is 12.4 Å². The van der Waals surface area contributed by atoms with E-state index in [2.05, 4.69) is 5.32 Å². The minimum atomic E-state index is -0.666. The van der Waals surface area contributed by atoms with Crippen LogP contribution in [0.5, 0.6) is 0 Å². The standard InChI is InChI=1S/C19H13Cl2NO4S/c1-10(23)22-13-5-2-11(3-6-13)15(24)9-26-19(25)18-17(21)14-7-4-12(20)8-16(14)27-18/h2-8H,9H2,1H3,(H,22,23). The number of hydrogen-bond donors (Lipinski definition) is 1. The number of ether oxygens (including phenoxy) is 1. The first kappa shape index (κ1) is 19.4. The summed E-state index contributed by atoms with van der Waals surface area (Å²) in [6.07, 6.45) is 0. The molecule has 0 saturated carbocycles. The van der Waals surface area contributed by atoms with Crippen molar-refractivity contribution in [2.24, 2.45) is 0 Å². The second-order valence-electron chi connectivity index (χ2n) is 5.64. The van der Waals surface area contributed by atoms with E-state index in [1.54, 1.807) is 42.5 Å². The van der Waals surface area contributed by atoms with Crippen LogP contribution in [0.25, 0.3) is 10.1 Å². The number of fused-ring (bicyclic) bond motifs is 1. The summed E-state index contributed by atoms with van der Waals surface area (Å²) in [5, 5.41) is 4.13. The monoisotopic (exact) mass is 421 g/mol. The highest BCUT2D eigenvalue weighted by molar-refractivity contribution is 7.21. The molecule has 0 aliphatic heterocycles. The SMILES string of the molecule is CC(=O)Nc1ccc(C(=O)COC(=O)c2sc3cc(Cl)ccc3c2Cl)cc1. The summed E-state index contributed by atoms with van der Waals surface area (Å²) in [7, 11) is 0. The molecule has 27 heavy (non-hydrogen) atoms. The van der Waals surface area contributed by atoms with Crippen LogP contribution in [-0.2, 0) is 9.53 Å². The molecule has 0 saturated heterocycles. The highest BCUT2D eigenvalue weighted by Gasteiger charge is 2.20. The summed E-state index contributed by atoms with van der Waals surface area (Å²) < 4.78 is 5.88. The molecule has 0 aliphatic carbocycles. The number of Topliss-reactive ketones (excluding diaryl/α,β-unsaturated/α-hetero) is 1. The number of esters is 1. The number of ketones is 1. The Bertz CT molecular complexity index is 1040. The van der Waals surface area contributed by atoms with E-state index in [1.807, 2.05) is 0 Å². The van der Waals surface area contributed by atoms with Crippen LogP contribution < -0.4 is 5.32 Å². The lowest BCUT2D eigenvalue weighted by Crippen LogP contribution is -2.14. The number of amides is 1. The van der Waals surface area contributed by atoms with Gasteiger partial charge in [-0.15, -0.1) is 11.3 Å². The Hall–Kier alpha value is -2.41. The van der Waals surface area contributed by atoms with Gasteiger partial charge in [0, 0.05) is 33.3 Å². The molecule has 3 aromatic rings. The highest BCUT2D eigenvalue weighted by Crippen LogP contribution is 2.37. The molecule has 0 atom stereocenters. The fraction of sp³-hybridized carbons (Fsp3) is 0.105.